The maximum absolute atomic E-state index is 12.6. The minimum atomic E-state index is -5.92. The topological polar surface area (TPSA) is 55.8 Å². The summed E-state index contributed by atoms with van der Waals surface area (Å²) in [5.41, 5.74) is -5.12. The van der Waals surface area contributed by atoms with Crippen molar-refractivity contribution in [3.63, 3.8) is 0 Å². The van der Waals surface area contributed by atoms with E-state index in [-0.39, 0.29) is 18.1 Å². The molecule has 158 valence electrons. The smallest absolute Gasteiger partial charge is 0.426 e. The van der Waals surface area contributed by atoms with Crippen LogP contribution in [0.4, 0.5) is 26.3 Å². The number of ether oxygens (including phenoxy) is 2. The highest BCUT2D eigenvalue weighted by atomic mass is 19.4. The SMILES string of the molecule is C=C(COC(C)CC(O)(C(F)(F)F)C(F)(F)F)C(=O)OCC1CCCCC1. The van der Waals surface area contributed by atoms with Crippen LogP contribution in [0.5, 0.6) is 0 Å². The predicted octanol–water partition coefficient (Wildman–Crippen LogP) is 4.32. The maximum Gasteiger partial charge on any atom is 0.426 e. The van der Waals surface area contributed by atoms with Gasteiger partial charge in [0.15, 0.2) is 0 Å². The average molecular weight is 406 g/mol. The molecule has 0 radical (unpaired) electrons. The highest BCUT2D eigenvalue weighted by molar-refractivity contribution is 5.87. The summed E-state index contributed by atoms with van der Waals surface area (Å²) in [5, 5.41) is 9.11. The highest BCUT2D eigenvalue weighted by Crippen LogP contribution is 2.46. The number of carbonyl (C=O) groups excluding carboxylic acids is 1. The van der Waals surface area contributed by atoms with E-state index in [2.05, 4.69) is 6.58 Å². The van der Waals surface area contributed by atoms with Gasteiger partial charge in [-0.1, -0.05) is 25.8 Å². The molecule has 10 heteroatoms. The van der Waals surface area contributed by atoms with E-state index in [9.17, 15) is 31.1 Å². The van der Waals surface area contributed by atoms with Crippen LogP contribution in [0.25, 0.3) is 0 Å². The zero-order valence-corrected chi connectivity index (χ0v) is 15.0. The molecule has 1 saturated carbocycles. The van der Waals surface area contributed by atoms with E-state index in [1.54, 1.807) is 0 Å². The lowest BCUT2D eigenvalue weighted by atomic mass is 9.90. The fourth-order valence-electron chi connectivity index (χ4n) is 2.82. The second-order valence-electron chi connectivity index (χ2n) is 6.89. The molecule has 0 spiro atoms. The molecule has 27 heavy (non-hydrogen) atoms. The van der Waals surface area contributed by atoms with Gasteiger partial charge in [-0.2, -0.15) is 26.3 Å². The van der Waals surface area contributed by atoms with E-state index in [0.29, 0.717) is 0 Å². The number of hydrogen-bond donors (Lipinski definition) is 1. The van der Waals surface area contributed by atoms with Crippen LogP contribution >= 0.6 is 0 Å². The molecule has 0 heterocycles. The minimum absolute atomic E-state index is 0.190. The molecule has 1 rings (SSSR count). The Morgan fingerprint density at radius 3 is 2.11 bits per heavy atom. The van der Waals surface area contributed by atoms with Gasteiger partial charge in [0, 0.05) is 6.42 Å². The lowest BCUT2D eigenvalue weighted by Gasteiger charge is -2.34. The van der Waals surface area contributed by atoms with Gasteiger partial charge in [-0.3, -0.25) is 0 Å². The monoisotopic (exact) mass is 406 g/mol. The van der Waals surface area contributed by atoms with Gasteiger partial charge >= 0.3 is 18.3 Å². The minimum Gasteiger partial charge on any atom is -0.462 e. The highest BCUT2D eigenvalue weighted by Gasteiger charge is 2.70. The Labute approximate surface area is 153 Å². The van der Waals surface area contributed by atoms with Gasteiger partial charge in [-0.25, -0.2) is 4.79 Å². The van der Waals surface area contributed by atoms with Crippen LogP contribution in [0.1, 0.15) is 45.4 Å². The number of hydrogen-bond acceptors (Lipinski definition) is 4. The Morgan fingerprint density at radius 1 is 1.11 bits per heavy atom. The van der Waals surface area contributed by atoms with Crippen LogP contribution in [0, 0.1) is 5.92 Å². The maximum atomic E-state index is 12.6. The van der Waals surface area contributed by atoms with Crippen LogP contribution in [-0.4, -0.2) is 48.3 Å². The molecule has 1 unspecified atom stereocenters. The van der Waals surface area contributed by atoms with E-state index in [1.165, 1.54) is 0 Å². The van der Waals surface area contributed by atoms with Crippen LogP contribution in [-0.2, 0) is 14.3 Å². The van der Waals surface area contributed by atoms with Crippen LogP contribution in [0.3, 0.4) is 0 Å². The quantitative estimate of drug-likeness (QED) is 0.371. The normalized spacial score (nSPS) is 18.2. The summed E-state index contributed by atoms with van der Waals surface area (Å²) in [6.07, 6.45) is -10.1. The third-order valence-electron chi connectivity index (χ3n) is 4.53. The summed E-state index contributed by atoms with van der Waals surface area (Å²) in [6.45, 7) is 3.90. The van der Waals surface area contributed by atoms with Crippen molar-refractivity contribution in [2.75, 3.05) is 13.2 Å². The number of rotatable bonds is 8. The van der Waals surface area contributed by atoms with Crippen molar-refractivity contribution in [1.29, 1.82) is 0 Å². The van der Waals surface area contributed by atoms with E-state index < -0.39 is 43.1 Å². The molecule has 0 aromatic heterocycles. The molecule has 0 bridgehead atoms. The molecule has 4 nitrogen and oxygen atoms in total. The van der Waals surface area contributed by atoms with E-state index in [0.717, 1.165) is 39.0 Å². The Hall–Kier alpha value is -1.29. The first-order valence-electron chi connectivity index (χ1n) is 8.60. The van der Waals surface area contributed by atoms with Crippen molar-refractivity contribution in [1.82, 2.24) is 0 Å². The molecule has 0 aliphatic heterocycles. The molecule has 1 fully saturated rings. The van der Waals surface area contributed by atoms with Gasteiger partial charge in [0.05, 0.1) is 24.9 Å². The predicted molar refractivity (Wildman–Crippen MR) is 83.8 cm³/mol. The van der Waals surface area contributed by atoms with Gasteiger partial charge in [0.2, 0.25) is 0 Å². The van der Waals surface area contributed by atoms with Gasteiger partial charge in [0.25, 0.3) is 5.60 Å². The Balaban J connectivity index is 2.48. The Bertz CT molecular complexity index is 495. The van der Waals surface area contributed by atoms with Crippen LogP contribution in [0.15, 0.2) is 12.2 Å². The van der Waals surface area contributed by atoms with E-state index in [4.69, 9.17) is 14.6 Å². The average Bonchev–Trinajstić information content (AvgIpc) is 2.56. The molecule has 0 saturated heterocycles. The van der Waals surface area contributed by atoms with Gasteiger partial charge in [-0.15, -0.1) is 0 Å². The first-order chi connectivity index (χ1) is 12.3. The molecule has 1 aliphatic rings. The lowest BCUT2D eigenvalue weighted by molar-refractivity contribution is -0.374. The van der Waals surface area contributed by atoms with Crippen molar-refractivity contribution in [3.8, 4) is 0 Å². The Kier molecular flexibility index (Phi) is 8.15. The fraction of sp³-hybridized carbons (Fsp3) is 0.824. The summed E-state index contributed by atoms with van der Waals surface area (Å²) in [4.78, 5) is 11.8. The largest absolute Gasteiger partial charge is 0.462 e. The molecular formula is C17H24F6O4. The summed E-state index contributed by atoms with van der Waals surface area (Å²) in [5.74, 6) is -0.571. The summed E-state index contributed by atoms with van der Waals surface area (Å²) in [6, 6.07) is 0. The molecular weight excluding hydrogens is 382 g/mol. The fourth-order valence-corrected chi connectivity index (χ4v) is 2.82. The zero-order valence-electron chi connectivity index (χ0n) is 15.0. The number of aliphatic hydroxyl groups is 1. The summed E-state index contributed by atoms with van der Waals surface area (Å²) >= 11 is 0. The number of halogens is 6. The van der Waals surface area contributed by atoms with E-state index in [1.807, 2.05) is 0 Å². The molecule has 0 amide bonds. The summed E-state index contributed by atoms with van der Waals surface area (Å²) < 4.78 is 85.8. The van der Waals surface area contributed by atoms with Gasteiger partial charge in [-0.05, 0) is 25.7 Å². The molecule has 0 aromatic rings. The van der Waals surface area contributed by atoms with Crippen LogP contribution < -0.4 is 0 Å². The second kappa shape index (κ2) is 9.27. The zero-order chi connectivity index (χ0) is 20.9. The second-order valence-corrected chi connectivity index (χ2v) is 6.89. The first-order valence-corrected chi connectivity index (χ1v) is 8.60. The third-order valence-corrected chi connectivity index (χ3v) is 4.53. The molecule has 1 atom stereocenters. The van der Waals surface area contributed by atoms with Gasteiger partial charge in [0.1, 0.15) is 0 Å². The third kappa shape index (κ3) is 6.67. The van der Waals surface area contributed by atoms with Gasteiger partial charge < -0.3 is 14.6 Å². The van der Waals surface area contributed by atoms with Crippen molar-refractivity contribution in [3.05, 3.63) is 12.2 Å². The van der Waals surface area contributed by atoms with Crippen molar-refractivity contribution in [2.24, 2.45) is 5.92 Å². The molecule has 1 N–H and O–H groups in total. The lowest BCUT2D eigenvalue weighted by Crippen LogP contribution is -2.58. The first kappa shape index (κ1) is 23.7. The van der Waals surface area contributed by atoms with E-state index >= 15 is 0 Å². The summed E-state index contributed by atoms with van der Waals surface area (Å²) in [7, 11) is 0. The Morgan fingerprint density at radius 2 is 1.63 bits per heavy atom. The number of alkyl halides is 6. The van der Waals surface area contributed by atoms with Crippen molar-refractivity contribution < 1.29 is 45.7 Å². The van der Waals surface area contributed by atoms with Crippen LogP contribution in [0.2, 0.25) is 0 Å². The number of carbonyl (C=O) groups is 1. The molecule has 1 aliphatic carbocycles. The standard InChI is InChI=1S/C17H24F6O4/c1-11(14(24)27-10-13-6-4-3-5-7-13)9-26-12(2)8-15(25,16(18,19)20)17(21,22)23/h12-13,25H,1,3-10H2,2H3. The van der Waals surface area contributed by atoms with Crippen molar-refractivity contribution in [2.45, 2.75) is 69.5 Å². The van der Waals surface area contributed by atoms with Crippen molar-refractivity contribution >= 4 is 5.97 Å². The number of esters is 1. The molecule has 0 aromatic carbocycles.